The van der Waals surface area contributed by atoms with Crippen molar-refractivity contribution in [2.45, 2.75) is 85.0 Å². The second-order valence-electron chi connectivity index (χ2n) is 18.5. The number of rotatable bonds is 8. The molecule has 0 spiro atoms. The van der Waals surface area contributed by atoms with Gasteiger partial charge in [-0.1, -0.05) is 76.6 Å². The number of carbonyl (C=O) groups is 3. The number of hydrogen-bond acceptors (Lipinski definition) is 10. The molecule has 10 rings (SSSR count). The lowest BCUT2D eigenvalue weighted by Crippen LogP contribution is -2.48. The molecule has 13 nitrogen and oxygen atoms in total. The number of aromatic nitrogens is 6. The largest absolute Gasteiger partial charge is 0.369 e. The van der Waals surface area contributed by atoms with Crippen molar-refractivity contribution >= 4 is 51.2 Å². The third-order valence-electron chi connectivity index (χ3n) is 14.1. The number of fused-ring (bicyclic) bond motifs is 2. The standard InChI is InChI=1S/C26H31N5O2.C24H29N5O/c1-18(32)30-11-13-31(14-12-30)20-8-6-7-19(15-20)22-17-28-25-23(29-22)21(16-27-25)24(33)26(2)9-4-3-5-10-26;1-24(8-3-2-4-9-24)22(30)19-15-26-23-21(19)28-20(16-27-23)17-6-5-7-18(14-17)29-12-10-25-11-13-29/h6-8,15-17H,3-5,9-14H2,1-2H3,(H,27,28);5-7,14-16,25H,2-4,8-13H2,1H3,(H,26,27). The maximum Gasteiger partial charge on any atom is 0.219 e. The number of H-pyrrole nitrogens is 2. The predicted molar refractivity (Wildman–Crippen MR) is 249 cm³/mol. The van der Waals surface area contributed by atoms with Crippen molar-refractivity contribution < 1.29 is 14.4 Å². The molecule has 4 aromatic heterocycles. The Morgan fingerprint density at radius 3 is 1.48 bits per heavy atom. The van der Waals surface area contributed by atoms with Crippen LogP contribution in [0.5, 0.6) is 0 Å². The van der Waals surface area contributed by atoms with Gasteiger partial charge in [-0.25, -0.2) is 19.9 Å². The lowest BCUT2D eigenvalue weighted by Gasteiger charge is -2.35. The van der Waals surface area contributed by atoms with Crippen LogP contribution in [0, 0.1) is 10.8 Å². The number of amides is 1. The molecule has 2 saturated heterocycles. The van der Waals surface area contributed by atoms with Gasteiger partial charge in [-0.15, -0.1) is 0 Å². The molecule has 63 heavy (non-hydrogen) atoms. The first-order chi connectivity index (χ1) is 30.6. The minimum Gasteiger partial charge on any atom is -0.369 e. The normalized spacial score (nSPS) is 18.8. The number of piperazine rings is 2. The molecule has 0 atom stereocenters. The summed E-state index contributed by atoms with van der Waals surface area (Å²) in [6.45, 7) is 12.9. The molecule has 4 fully saturated rings. The first kappa shape index (κ1) is 42.4. The van der Waals surface area contributed by atoms with Crippen molar-refractivity contribution in [1.29, 1.82) is 0 Å². The Labute approximate surface area is 369 Å². The molecule has 2 aliphatic carbocycles. The van der Waals surface area contributed by atoms with Gasteiger partial charge in [-0.05, 0) is 49.9 Å². The summed E-state index contributed by atoms with van der Waals surface area (Å²) in [7, 11) is 0. The summed E-state index contributed by atoms with van der Waals surface area (Å²) in [4.78, 5) is 70.3. The maximum absolute atomic E-state index is 13.5. The average Bonchev–Trinajstić information content (AvgIpc) is 3.96. The third kappa shape index (κ3) is 8.85. The number of ketones is 2. The third-order valence-corrected chi connectivity index (χ3v) is 14.1. The monoisotopic (exact) mass is 848 g/mol. The fourth-order valence-electron chi connectivity index (χ4n) is 10.1. The fourth-order valence-corrected chi connectivity index (χ4v) is 10.1. The molecule has 0 radical (unpaired) electrons. The summed E-state index contributed by atoms with van der Waals surface area (Å²) in [6, 6.07) is 16.7. The smallest absolute Gasteiger partial charge is 0.219 e. The zero-order valence-electron chi connectivity index (χ0n) is 37.0. The van der Waals surface area contributed by atoms with Gasteiger partial charge in [-0.3, -0.25) is 14.4 Å². The van der Waals surface area contributed by atoms with Crippen LogP contribution in [-0.4, -0.2) is 105 Å². The molecule has 2 saturated carbocycles. The Morgan fingerprint density at radius 2 is 1.03 bits per heavy atom. The van der Waals surface area contributed by atoms with Crippen molar-refractivity contribution in [3.8, 4) is 22.5 Å². The van der Waals surface area contributed by atoms with E-state index >= 15 is 0 Å². The molecule has 4 aliphatic rings. The molecular weight excluding hydrogens is 789 g/mol. The van der Waals surface area contributed by atoms with Crippen molar-refractivity contribution in [1.82, 2.24) is 40.1 Å². The summed E-state index contributed by atoms with van der Waals surface area (Å²) in [6.07, 6.45) is 17.8. The Hall–Kier alpha value is -5.95. The van der Waals surface area contributed by atoms with Gasteiger partial charge in [0.05, 0.1) is 34.9 Å². The van der Waals surface area contributed by atoms with E-state index in [4.69, 9.17) is 9.97 Å². The fraction of sp³-hybridized carbons (Fsp3) is 0.460. The summed E-state index contributed by atoms with van der Waals surface area (Å²) >= 11 is 0. The minimum atomic E-state index is -0.313. The van der Waals surface area contributed by atoms with Crippen molar-refractivity contribution in [2.24, 2.45) is 10.8 Å². The highest BCUT2D eigenvalue weighted by atomic mass is 16.2. The Morgan fingerprint density at radius 1 is 0.587 bits per heavy atom. The van der Waals surface area contributed by atoms with Crippen LogP contribution >= 0.6 is 0 Å². The second kappa shape index (κ2) is 18.0. The summed E-state index contributed by atoms with van der Waals surface area (Å²) in [5, 5.41) is 3.40. The molecule has 2 aromatic carbocycles. The number of nitrogens with one attached hydrogen (secondary N) is 3. The minimum absolute atomic E-state index is 0.130. The highest BCUT2D eigenvalue weighted by Crippen LogP contribution is 2.41. The van der Waals surface area contributed by atoms with Crippen LogP contribution in [-0.2, 0) is 4.79 Å². The highest BCUT2D eigenvalue weighted by molar-refractivity contribution is 6.09. The van der Waals surface area contributed by atoms with Gasteiger partial charge in [0.1, 0.15) is 11.0 Å². The summed E-state index contributed by atoms with van der Waals surface area (Å²) < 4.78 is 0. The van der Waals surface area contributed by atoms with E-state index in [1.165, 1.54) is 18.5 Å². The van der Waals surface area contributed by atoms with Gasteiger partial charge in [0.15, 0.2) is 22.9 Å². The van der Waals surface area contributed by atoms with Gasteiger partial charge in [-0.2, -0.15) is 0 Å². The van der Waals surface area contributed by atoms with Crippen LogP contribution in [0.4, 0.5) is 11.4 Å². The van der Waals surface area contributed by atoms with Crippen molar-refractivity contribution in [2.75, 3.05) is 62.2 Å². The maximum atomic E-state index is 13.5. The van der Waals surface area contributed by atoms with Gasteiger partial charge in [0.25, 0.3) is 0 Å². The highest BCUT2D eigenvalue weighted by Gasteiger charge is 2.38. The number of anilines is 2. The van der Waals surface area contributed by atoms with Crippen LogP contribution in [0.25, 0.3) is 44.8 Å². The van der Waals surface area contributed by atoms with Gasteiger partial charge < -0.3 is 30.0 Å². The van der Waals surface area contributed by atoms with E-state index in [-0.39, 0.29) is 28.3 Å². The number of Topliss-reactive ketones (excluding diaryl/α,β-unsaturated/α-hetero) is 2. The molecular formula is C50H60N10O3. The van der Waals surface area contributed by atoms with Gasteiger partial charge in [0, 0.05) is 105 Å². The zero-order valence-corrected chi connectivity index (χ0v) is 37.0. The first-order valence-corrected chi connectivity index (χ1v) is 23.0. The van der Waals surface area contributed by atoms with Gasteiger partial charge >= 0.3 is 0 Å². The zero-order chi connectivity index (χ0) is 43.6. The quantitative estimate of drug-likeness (QED) is 0.127. The van der Waals surface area contributed by atoms with E-state index in [1.54, 1.807) is 31.7 Å². The van der Waals surface area contributed by atoms with E-state index in [0.717, 1.165) is 132 Å². The van der Waals surface area contributed by atoms with E-state index in [2.05, 4.69) is 85.3 Å². The lowest BCUT2D eigenvalue weighted by atomic mass is 9.71. The lowest BCUT2D eigenvalue weighted by molar-refractivity contribution is -0.129. The molecule has 0 unspecified atom stereocenters. The number of nitrogens with zero attached hydrogens (tertiary/aromatic N) is 7. The number of carbonyl (C=O) groups excluding carboxylic acids is 3. The second-order valence-corrected chi connectivity index (χ2v) is 18.5. The van der Waals surface area contributed by atoms with Crippen molar-refractivity contribution in [3.63, 3.8) is 0 Å². The molecule has 13 heteroatoms. The van der Waals surface area contributed by atoms with E-state index in [9.17, 15) is 14.4 Å². The van der Waals surface area contributed by atoms with E-state index < -0.39 is 0 Å². The number of hydrogen-bond donors (Lipinski definition) is 3. The van der Waals surface area contributed by atoms with Crippen molar-refractivity contribution in [3.05, 3.63) is 84.4 Å². The van der Waals surface area contributed by atoms with Crippen LogP contribution < -0.4 is 15.1 Å². The molecule has 3 N–H and O–H groups in total. The number of benzene rings is 2. The van der Waals surface area contributed by atoms with Crippen LogP contribution in [0.1, 0.15) is 106 Å². The van der Waals surface area contributed by atoms with E-state index in [0.29, 0.717) is 33.5 Å². The SMILES string of the molecule is CC(=O)N1CCN(c2cccc(-c3cnc4[nH]cc(C(=O)C5(C)CCCCC5)c4n3)c2)CC1.CC1(C(=O)c2c[nH]c3ncc(-c4cccc(N5CCNCC5)c4)nc23)CCCCC1. The van der Waals surface area contributed by atoms with Crippen LogP contribution in [0.15, 0.2) is 73.3 Å². The Bertz CT molecular complexity index is 2610. The molecule has 6 heterocycles. The molecule has 0 bridgehead atoms. The molecule has 2 aliphatic heterocycles. The molecule has 1 amide bonds. The van der Waals surface area contributed by atoms with E-state index in [1.807, 2.05) is 17.0 Å². The van der Waals surface area contributed by atoms with Gasteiger partial charge in [0.2, 0.25) is 5.91 Å². The first-order valence-electron chi connectivity index (χ1n) is 23.0. The van der Waals surface area contributed by atoms with Crippen LogP contribution in [0.2, 0.25) is 0 Å². The summed E-state index contributed by atoms with van der Waals surface area (Å²) in [5.41, 5.74) is 9.30. The average molecular weight is 849 g/mol. The Kier molecular flexibility index (Phi) is 12.1. The Balaban J connectivity index is 0.000000161. The topological polar surface area (TPSA) is 156 Å². The molecule has 6 aromatic rings. The number of aromatic amines is 2. The van der Waals surface area contributed by atoms with Crippen LogP contribution in [0.3, 0.4) is 0 Å². The predicted octanol–water partition coefficient (Wildman–Crippen LogP) is 8.63. The summed E-state index contributed by atoms with van der Waals surface area (Å²) in [5.74, 6) is 0.511. The molecule has 328 valence electrons.